The van der Waals surface area contributed by atoms with Crippen LogP contribution in [0, 0.1) is 24.5 Å². The summed E-state index contributed by atoms with van der Waals surface area (Å²) in [5.41, 5.74) is 10.9. The number of rotatable bonds is 5. The fourth-order valence-electron chi connectivity index (χ4n) is 6.12. The number of pyridine rings is 2. The van der Waals surface area contributed by atoms with E-state index in [1.54, 1.807) is 0 Å². The van der Waals surface area contributed by atoms with Crippen molar-refractivity contribution in [2.24, 2.45) is 5.41 Å². The predicted molar refractivity (Wildman–Crippen MR) is 201 cm³/mol. The first kappa shape index (κ1) is 35.5. The smallest absolute Gasteiger partial charge is 0 e. The van der Waals surface area contributed by atoms with Crippen molar-refractivity contribution < 1.29 is 24.5 Å². The molecule has 4 aromatic carbocycles. The Labute approximate surface area is 301 Å². The molecule has 3 heterocycles. The molecule has 0 unspecified atom stereocenters. The molecule has 1 radical (unpaired) electrons. The second-order valence-electron chi connectivity index (χ2n) is 14.5. The second-order valence-corrected chi connectivity index (χ2v) is 25.0. The first-order valence-electron chi connectivity index (χ1n) is 16.3. The maximum Gasteiger partial charge on any atom is 0 e. The monoisotopic (exact) mass is 869 g/mol. The standard InChI is InChI=1S/C28H24NO.C15H18GeN.Ir/c1-28(2,3)18-19-14-15-29-25(16-19)23-11-7-10-22-24-17-21(20-8-5-4-6-9-20)12-13-26(24)30-27(22)23;1-12-10-15(13-8-6-5-7-9-13)17-11-14(12)16(2,3)4;/h4-10,12-17H,18H2,1-3H3;5-8,10-11H,1-4H3;/q2*-1;. The zero-order valence-electron chi connectivity index (χ0n) is 28.8. The molecular formula is C43H42GeIrN2O-2. The maximum absolute atomic E-state index is 6.30. The van der Waals surface area contributed by atoms with Gasteiger partial charge >= 0.3 is 106 Å². The summed E-state index contributed by atoms with van der Waals surface area (Å²) in [5.74, 6) is 7.20. The van der Waals surface area contributed by atoms with Crippen LogP contribution >= 0.6 is 0 Å². The van der Waals surface area contributed by atoms with Crippen molar-refractivity contribution in [3.63, 3.8) is 0 Å². The van der Waals surface area contributed by atoms with Crippen LogP contribution in [0.2, 0.25) is 17.3 Å². The first-order chi connectivity index (χ1) is 22.5. The fourth-order valence-corrected chi connectivity index (χ4v) is 9.70. The van der Waals surface area contributed by atoms with Crippen LogP contribution in [0.1, 0.15) is 31.9 Å². The van der Waals surface area contributed by atoms with Crippen LogP contribution in [0.3, 0.4) is 0 Å². The summed E-state index contributed by atoms with van der Waals surface area (Å²) >= 11 is -1.77. The number of aromatic nitrogens is 2. The molecule has 245 valence electrons. The third-order valence-corrected chi connectivity index (χ3v) is 12.7. The van der Waals surface area contributed by atoms with E-state index in [0.717, 1.165) is 50.9 Å². The van der Waals surface area contributed by atoms with Gasteiger partial charge in [-0.3, -0.25) is 0 Å². The van der Waals surface area contributed by atoms with Crippen molar-refractivity contribution in [1.29, 1.82) is 0 Å². The van der Waals surface area contributed by atoms with E-state index in [1.165, 1.54) is 26.6 Å². The first-order valence-corrected chi connectivity index (χ1v) is 23.6. The minimum atomic E-state index is -1.77. The molecule has 0 aliphatic rings. The van der Waals surface area contributed by atoms with Gasteiger partial charge in [-0.25, -0.2) is 0 Å². The Hall–Kier alpha value is -3.83. The van der Waals surface area contributed by atoms with E-state index in [0.29, 0.717) is 0 Å². The molecule has 5 heteroatoms. The van der Waals surface area contributed by atoms with Crippen LogP contribution in [-0.4, -0.2) is 23.2 Å². The summed E-state index contributed by atoms with van der Waals surface area (Å²) in [7, 11) is 0. The van der Waals surface area contributed by atoms with Gasteiger partial charge in [0, 0.05) is 31.7 Å². The Bertz CT molecular complexity index is 2140. The van der Waals surface area contributed by atoms with Crippen LogP contribution in [0.5, 0.6) is 0 Å². The fraction of sp³-hybridized carbons (Fsp3) is 0.209. The molecule has 0 fully saturated rings. The van der Waals surface area contributed by atoms with Gasteiger partial charge < -0.3 is 9.40 Å². The van der Waals surface area contributed by atoms with E-state index in [2.05, 4.69) is 146 Å². The summed E-state index contributed by atoms with van der Waals surface area (Å²) in [6.07, 6.45) is 4.96. The molecular weight excluding hydrogens is 825 g/mol. The molecule has 7 rings (SSSR count). The van der Waals surface area contributed by atoms with Gasteiger partial charge in [0.2, 0.25) is 0 Å². The molecule has 0 atom stereocenters. The van der Waals surface area contributed by atoms with Gasteiger partial charge in [0.1, 0.15) is 5.58 Å². The third-order valence-electron chi connectivity index (χ3n) is 8.26. The van der Waals surface area contributed by atoms with Gasteiger partial charge in [0.25, 0.3) is 0 Å². The predicted octanol–water partition coefficient (Wildman–Crippen LogP) is 11.1. The Morgan fingerprint density at radius 2 is 1.50 bits per heavy atom. The van der Waals surface area contributed by atoms with E-state index in [1.807, 2.05) is 36.5 Å². The molecule has 0 N–H and O–H groups in total. The average molecular weight is 868 g/mol. The number of benzene rings is 4. The molecule has 3 nitrogen and oxygen atoms in total. The van der Waals surface area contributed by atoms with E-state index < -0.39 is 13.3 Å². The second kappa shape index (κ2) is 14.7. The number of hydrogen-bond donors (Lipinski definition) is 0. The molecule has 7 aromatic rings. The van der Waals surface area contributed by atoms with Crippen molar-refractivity contribution in [1.82, 2.24) is 9.97 Å². The number of fused-ring (bicyclic) bond motifs is 3. The molecule has 0 saturated heterocycles. The van der Waals surface area contributed by atoms with Crippen molar-refractivity contribution in [3.8, 4) is 33.6 Å². The van der Waals surface area contributed by atoms with Crippen LogP contribution in [0.15, 0.2) is 120 Å². The molecule has 0 aliphatic heterocycles. The van der Waals surface area contributed by atoms with E-state index in [-0.39, 0.29) is 25.5 Å². The number of furan rings is 1. The van der Waals surface area contributed by atoms with Gasteiger partial charge in [0.05, 0.1) is 5.58 Å². The minimum absolute atomic E-state index is 0. The van der Waals surface area contributed by atoms with Gasteiger partial charge in [-0.2, -0.15) is 0 Å². The Kier molecular flexibility index (Phi) is 10.9. The summed E-state index contributed by atoms with van der Waals surface area (Å²) in [6.45, 7) is 8.95. The molecule has 0 aliphatic carbocycles. The normalized spacial score (nSPS) is 11.6. The van der Waals surface area contributed by atoms with Crippen LogP contribution in [-0.2, 0) is 26.5 Å². The van der Waals surface area contributed by atoms with Gasteiger partial charge in [-0.1, -0.05) is 79.7 Å². The van der Waals surface area contributed by atoms with Crippen LogP contribution in [0.25, 0.3) is 55.6 Å². The molecule has 0 amide bonds. The zero-order chi connectivity index (χ0) is 33.2. The summed E-state index contributed by atoms with van der Waals surface area (Å²) in [6, 6.07) is 41.9. The van der Waals surface area contributed by atoms with Crippen molar-refractivity contribution in [2.45, 2.75) is 51.4 Å². The molecule has 3 aromatic heterocycles. The SMILES string of the molecule is CC(C)(C)Cc1ccnc(-c2[c-]ccc3c2oc2ccc(-c4ccccc4)cc23)c1.Cc1cc(-c2[c-]cccc2)nc[c]1[Ge]([CH3])([CH3])[CH3].[Ir]. The van der Waals surface area contributed by atoms with Crippen molar-refractivity contribution >= 4 is 39.6 Å². The Balaban J connectivity index is 0.000000214. The summed E-state index contributed by atoms with van der Waals surface area (Å²) in [5, 5.41) is 2.21. The van der Waals surface area contributed by atoms with Gasteiger partial charge in [-0.05, 0) is 46.9 Å². The Morgan fingerprint density at radius 1 is 0.729 bits per heavy atom. The number of nitrogens with zero attached hydrogens (tertiary/aromatic N) is 2. The molecule has 0 bridgehead atoms. The number of aryl methyl sites for hydroxylation is 1. The van der Waals surface area contributed by atoms with Crippen molar-refractivity contribution in [3.05, 3.63) is 139 Å². The van der Waals surface area contributed by atoms with E-state index >= 15 is 0 Å². The van der Waals surface area contributed by atoms with Crippen LogP contribution in [0.4, 0.5) is 0 Å². The Morgan fingerprint density at radius 3 is 2.19 bits per heavy atom. The quantitative estimate of drug-likeness (QED) is 0.128. The largest absolute Gasteiger partial charge is 0 e. The molecule has 48 heavy (non-hydrogen) atoms. The summed E-state index contributed by atoms with van der Waals surface area (Å²) < 4.78 is 7.79. The number of hydrogen-bond acceptors (Lipinski definition) is 3. The third kappa shape index (κ3) is 8.23. The molecule has 0 saturated carbocycles. The van der Waals surface area contributed by atoms with E-state index in [4.69, 9.17) is 4.42 Å². The summed E-state index contributed by atoms with van der Waals surface area (Å²) in [4.78, 5) is 9.23. The van der Waals surface area contributed by atoms with Crippen molar-refractivity contribution in [2.75, 3.05) is 0 Å². The maximum atomic E-state index is 6.30. The van der Waals surface area contributed by atoms with Gasteiger partial charge in [0.15, 0.2) is 0 Å². The minimum Gasteiger partial charge on any atom is 0 e. The topological polar surface area (TPSA) is 38.9 Å². The van der Waals surface area contributed by atoms with Crippen LogP contribution < -0.4 is 4.40 Å². The van der Waals surface area contributed by atoms with E-state index in [9.17, 15) is 0 Å². The van der Waals surface area contributed by atoms with Gasteiger partial charge in [-0.15, -0.1) is 18.2 Å². The zero-order valence-corrected chi connectivity index (χ0v) is 33.3. The molecule has 0 spiro atoms. The average Bonchev–Trinajstić information content (AvgIpc) is 3.43.